The molecule has 2 heteroatoms. The minimum absolute atomic E-state index is 1.12. The first-order chi connectivity index (χ1) is 22.8. The van der Waals surface area contributed by atoms with Gasteiger partial charge in [-0.1, -0.05) is 115 Å². The van der Waals surface area contributed by atoms with Crippen molar-refractivity contribution in [1.82, 2.24) is 0 Å². The molecule has 9 rings (SSSR count). The Morgan fingerprint density at radius 3 is 1.57 bits per heavy atom. The van der Waals surface area contributed by atoms with E-state index in [-0.39, 0.29) is 0 Å². The molecule has 0 aliphatic heterocycles. The van der Waals surface area contributed by atoms with Crippen LogP contribution in [0.5, 0.6) is 0 Å². The lowest BCUT2D eigenvalue weighted by molar-refractivity contribution is 1.29. The molecular weight excluding hydrogens is 575 g/mol. The summed E-state index contributed by atoms with van der Waals surface area (Å²) in [5, 5.41) is 7.61. The third kappa shape index (κ3) is 4.72. The molecule has 0 unspecified atom stereocenters. The summed E-state index contributed by atoms with van der Waals surface area (Å²) in [6, 6.07) is 64.1. The first-order valence-electron chi connectivity index (χ1n) is 15.7. The predicted molar refractivity (Wildman–Crippen MR) is 200 cm³/mol. The van der Waals surface area contributed by atoms with E-state index in [9.17, 15) is 0 Å². The maximum Gasteiger partial charge on any atom is 0.0468 e. The Labute approximate surface area is 272 Å². The van der Waals surface area contributed by atoms with Crippen LogP contribution in [0, 0.1) is 0 Å². The van der Waals surface area contributed by atoms with E-state index in [0.717, 1.165) is 17.1 Å². The second kappa shape index (κ2) is 11.0. The van der Waals surface area contributed by atoms with Crippen molar-refractivity contribution in [1.29, 1.82) is 0 Å². The van der Waals surface area contributed by atoms with Crippen LogP contribution in [0.3, 0.4) is 0 Å². The van der Waals surface area contributed by atoms with Crippen LogP contribution in [-0.2, 0) is 0 Å². The highest BCUT2D eigenvalue weighted by Crippen LogP contribution is 2.41. The van der Waals surface area contributed by atoms with Crippen molar-refractivity contribution >= 4 is 70.1 Å². The highest BCUT2D eigenvalue weighted by atomic mass is 32.1. The van der Waals surface area contributed by atoms with Gasteiger partial charge in [-0.25, -0.2) is 0 Å². The van der Waals surface area contributed by atoms with Crippen molar-refractivity contribution in [2.75, 3.05) is 4.90 Å². The molecule has 0 spiro atoms. The lowest BCUT2D eigenvalue weighted by Gasteiger charge is -2.27. The van der Waals surface area contributed by atoms with Crippen LogP contribution in [0.2, 0.25) is 0 Å². The highest BCUT2D eigenvalue weighted by molar-refractivity contribution is 7.25. The van der Waals surface area contributed by atoms with Gasteiger partial charge in [-0.15, -0.1) is 11.3 Å². The zero-order chi connectivity index (χ0) is 30.5. The Morgan fingerprint density at radius 1 is 0.304 bits per heavy atom. The SMILES string of the molecule is c1cc(-c2ccc3ccccc3c2)cc(N(c2cccc(-c3ccc4sc5ccccc5c4c3)c2)c2ccc3ccccc3c2)c1. The van der Waals surface area contributed by atoms with Crippen molar-refractivity contribution in [3.63, 3.8) is 0 Å². The van der Waals surface area contributed by atoms with Gasteiger partial charge in [0, 0.05) is 37.2 Å². The Bertz CT molecular complexity index is 2560. The molecule has 1 nitrogen and oxygen atoms in total. The van der Waals surface area contributed by atoms with Gasteiger partial charge >= 0.3 is 0 Å². The molecule has 0 bridgehead atoms. The molecule has 0 saturated heterocycles. The smallest absolute Gasteiger partial charge is 0.0468 e. The first-order valence-corrected chi connectivity index (χ1v) is 16.5. The average molecular weight is 604 g/mol. The molecule has 46 heavy (non-hydrogen) atoms. The number of thiophene rings is 1. The topological polar surface area (TPSA) is 3.24 Å². The Kier molecular flexibility index (Phi) is 6.40. The van der Waals surface area contributed by atoms with Gasteiger partial charge < -0.3 is 4.90 Å². The molecule has 0 N–H and O–H groups in total. The van der Waals surface area contributed by atoms with Crippen LogP contribution in [0.4, 0.5) is 17.1 Å². The second-order valence-corrected chi connectivity index (χ2v) is 12.9. The number of nitrogens with zero attached hydrogens (tertiary/aromatic N) is 1. The van der Waals surface area contributed by atoms with E-state index in [1.165, 1.54) is 64.0 Å². The molecular formula is C44H29NS. The molecule has 8 aromatic carbocycles. The van der Waals surface area contributed by atoms with E-state index in [1.807, 2.05) is 11.3 Å². The number of hydrogen-bond acceptors (Lipinski definition) is 2. The van der Waals surface area contributed by atoms with Crippen molar-refractivity contribution in [2.45, 2.75) is 0 Å². The minimum atomic E-state index is 1.12. The molecule has 216 valence electrons. The van der Waals surface area contributed by atoms with Crippen LogP contribution in [0.15, 0.2) is 176 Å². The maximum absolute atomic E-state index is 2.39. The summed E-state index contributed by atoms with van der Waals surface area (Å²) in [6.45, 7) is 0. The van der Waals surface area contributed by atoms with Gasteiger partial charge in [-0.05, 0) is 104 Å². The fourth-order valence-corrected chi connectivity index (χ4v) is 7.77. The van der Waals surface area contributed by atoms with Gasteiger partial charge in [0.2, 0.25) is 0 Å². The fraction of sp³-hybridized carbons (Fsp3) is 0. The zero-order valence-electron chi connectivity index (χ0n) is 25.1. The van der Waals surface area contributed by atoms with Gasteiger partial charge in [0.1, 0.15) is 0 Å². The number of hydrogen-bond donors (Lipinski definition) is 0. The molecule has 0 fully saturated rings. The van der Waals surface area contributed by atoms with Crippen LogP contribution in [0.1, 0.15) is 0 Å². The standard InChI is InChI=1S/C44H29NS/c1-3-11-32-25-36(20-19-30(32)9-1)34-13-7-15-38(27-34)45(40-23-21-31-10-2-4-12-33(31)26-40)39-16-8-14-35(28-39)37-22-24-44-42(29-37)41-17-5-6-18-43(41)46-44/h1-29H. The molecule has 0 amide bonds. The van der Waals surface area contributed by atoms with Crippen molar-refractivity contribution < 1.29 is 0 Å². The maximum atomic E-state index is 2.39. The van der Waals surface area contributed by atoms with E-state index in [4.69, 9.17) is 0 Å². The molecule has 0 radical (unpaired) electrons. The molecule has 1 aromatic heterocycles. The van der Waals surface area contributed by atoms with E-state index >= 15 is 0 Å². The monoisotopic (exact) mass is 603 g/mol. The van der Waals surface area contributed by atoms with Crippen LogP contribution < -0.4 is 4.90 Å². The van der Waals surface area contributed by atoms with E-state index in [2.05, 4.69) is 181 Å². The molecule has 0 aliphatic rings. The van der Waals surface area contributed by atoms with Gasteiger partial charge in [-0.2, -0.15) is 0 Å². The highest BCUT2D eigenvalue weighted by Gasteiger charge is 2.16. The molecule has 0 atom stereocenters. The minimum Gasteiger partial charge on any atom is -0.310 e. The Morgan fingerprint density at radius 2 is 0.826 bits per heavy atom. The fourth-order valence-electron chi connectivity index (χ4n) is 6.69. The van der Waals surface area contributed by atoms with Crippen molar-refractivity contribution in [2.24, 2.45) is 0 Å². The normalized spacial score (nSPS) is 11.5. The number of anilines is 3. The van der Waals surface area contributed by atoms with Gasteiger partial charge in [0.25, 0.3) is 0 Å². The van der Waals surface area contributed by atoms with E-state index < -0.39 is 0 Å². The predicted octanol–water partition coefficient (Wildman–Crippen LogP) is 13.2. The third-order valence-electron chi connectivity index (χ3n) is 8.99. The summed E-state index contributed by atoms with van der Waals surface area (Å²) < 4.78 is 2.65. The lowest BCUT2D eigenvalue weighted by Crippen LogP contribution is -2.10. The molecule has 0 saturated carbocycles. The molecule has 1 heterocycles. The summed E-state index contributed by atoms with van der Waals surface area (Å²) >= 11 is 1.86. The summed E-state index contributed by atoms with van der Waals surface area (Å²) in [5.74, 6) is 0. The lowest BCUT2D eigenvalue weighted by atomic mass is 9.99. The largest absolute Gasteiger partial charge is 0.310 e. The van der Waals surface area contributed by atoms with Crippen molar-refractivity contribution in [3.05, 3.63) is 176 Å². The third-order valence-corrected chi connectivity index (χ3v) is 10.1. The first kappa shape index (κ1) is 26.7. The van der Waals surface area contributed by atoms with E-state index in [1.54, 1.807) is 0 Å². The molecule has 0 aliphatic carbocycles. The van der Waals surface area contributed by atoms with Crippen LogP contribution >= 0.6 is 11.3 Å². The summed E-state index contributed by atoms with van der Waals surface area (Å²) in [5.41, 5.74) is 8.21. The van der Waals surface area contributed by atoms with Crippen LogP contribution in [0.25, 0.3) is 64.0 Å². The summed E-state index contributed by atoms with van der Waals surface area (Å²) in [4.78, 5) is 2.39. The quantitative estimate of drug-likeness (QED) is 0.189. The number of fused-ring (bicyclic) bond motifs is 5. The van der Waals surface area contributed by atoms with Gasteiger partial charge in [0.05, 0.1) is 0 Å². The Hall–Kier alpha value is -5.70. The van der Waals surface area contributed by atoms with Gasteiger partial charge in [-0.3, -0.25) is 0 Å². The average Bonchev–Trinajstić information content (AvgIpc) is 3.50. The summed E-state index contributed by atoms with van der Waals surface area (Å²) in [6.07, 6.45) is 0. The summed E-state index contributed by atoms with van der Waals surface area (Å²) in [7, 11) is 0. The van der Waals surface area contributed by atoms with E-state index in [0.29, 0.717) is 0 Å². The number of rotatable bonds is 5. The van der Waals surface area contributed by atoms with Crippen LogP contribution in [-0.4, -0.2) is 0 Å². The second-order valence-electron chi connectivity index (χ2n) is 11.8. The molecule has 9 aromatic rings. The number of benzene rings is 8. The zero-order valence-corrected chi connectivity index (χ0v) is 25.9. The Balaban J connectivity index is 1.19. The van der Waals surface area contributed by atoms with Gasteiger partial charge in [0.15, 0.2) is 0 Å². The van der Waals surface area contributed by atoms with Crippen molar-refractivity contribution in [3.8, 4) is 22.3 Å².